The number of benzene rings is 2. The van der Waals surface area contributed by atoms with Crippen LogP contribution in [0.5, 0.6) is 5.75 Å². The summed E-state index contributed by atoms with van der Waals surface area (Å²) < 4.78 is 11.3. The van der Waals surface area contributed by atoms with Crippen LogP contribution in [0.15, 0.2) is 57.8 Å². The molecule has 0 saturated carbocycles. The van der Waals surface area contributed by atoms with Gasteiger partial charge in [0.25, 0.3) is 0 Å². The maximum Gasteiger partial charge on any atom is 0.311 e. The van der Waals surface area contributed by atoms with Gasteiger partial charge in [-0.3, -0.25) is 9.59 Å². The first-order valence-electron chi connectivity index (χ1n) is 13.4. The molecule has 1 heterocycles. The zero-order chi connectivity index (χ0) is 24.7. The Labute approximate surface area is 208 Å². The predicted molar refractivity (Wildman–Crippen MR) is 142 cm³/mol. The molecule has 5 heteroatoms. The molecule has 1 aromatic carbocycles. The quantitative estimate of drug-likeness (QED) is 0.0683. The number of carbonyl (C=O) groups excluding carboxylic acids is 1. The van der Waals surface area contributed by atoms with Gasteiger partial charge in [-0.25, -0.2) is 4.98 Å². The number of ether oxygens (including phenoxy) is 1. The van der Waals surface area contributed by atoms with Crippen LogP contribution in [0.2, 0.25) is 0 Å². The van der Waals surface area contributed by atoms with Crippen molar-refractivity contribution < 1.29 is 13.9 Å². The minimum absolute atomic E-state index is 0.134. The lowest BCUT2D eigenvalue weighted by atomic mass is 10.1. The lowest BCUT2D eigenvalue weighted by Gasteiger charge is -2.08. The van der Waals surface area contributed by atoms with E-state index < -0.39 is 0 Å². The number of nitrogens with zero attached hydrogens (tertiary/aromatic N) is 1. The molecule has 3 rings (SSSR count). The van der Waals surface area contributed by atoms with Gasteiger partial charge in [0.15, 0.2) is 16.8 Å². The summed E-state index contributed by atoms with van der Waals surface area (Å²) in [7, 11) is 0. The monoisotopic (exact) mass is 477 g/mol. The van der Waals surface area contributed by atoms with Crippen LogP contribution < -0.4 is 10.2 Å². The van der Waals surface area contributed by atoms with Crippen molar-refractivity contribution in [2.24, 2.45) is 0 Å². The van der Waals surface area contributed by atoms with Gasteiger partial charge < -0.3 is 9.15 Å². The van der Waals surface area contributed by atoms with Crippen LogP contribution in [0.1, 0.15) is 96.8 Å². The maximum absolute atomic E-state index is 12.2. The van der Waals surface area contributed by atoms with Crippen LogP contribution in [0.3, 0.4) is 0 Å². The first-order valence-corrected chi connectivity index (χ1v) is 13.4. The highest BCUT2D eigenvalue weighted by molar-refractivity contribution is 5.79. The summed E-state index contributed by atoms with van der Waals surface area (Å²) in [6.45, 7) is 2.26. The smallest absolute Gasteiger partial charge is 0.311 e. The van der Waals surface area contributed by atoms with E-state index in [-0.39, 0.29) is 11.4 Å². The summed E-state index contributed by atoms with van der Waals surface area (Å²) in [6, 6.07) is 9.64. The van der Waals surface area contributed by atoms with Crippen LogP contribution in [0.25, 0.3) is 22.6 Å². The highest BCUT2D eigenvalue weighted by Crippen LogP contribution is 2.26. The number of allylic oxidation sites excluding steroid dienone is 2. The molecule has 0 fully saturated rings. The van der Waals surface area contributed by atoms with E-state index in [2.05, 4.69) is 24.1 Å². The largest absolute Gasteiger partial charge is 0.453 e. The van der Waals surface area contributed by atoms with Crippen LogP contribution in [0.4, 0.5) is 0 Å². The Morgan fingerprint density at radius 2 is 1.54 bits per heavy atom. The number of esters is 1. The predicted octanol–water partition coefficient (Wildman–Crippen LogP) is 8.24. The Hall–Kier alpha value is -2.95. The average molecular weight is 478 g/mol. The fourth-order valence-corrected chi connectivity index (χ4v) is 4.17. The molecule has 188 valence electrons. The standard InChI is InChI=1S/C30H39NO4/c1-2-3-4-5-6-7-8-9-10-11-12-13-14-15-16-17-30(33)34-25-19-21-27-29(23-25)35-28-22-24(32)18-20-26(28)31-27/h9-10,18-23H,2-8,11-17H2,1H3/b10-9-. The molecule has 35 heavy (non-hydrogen) atoms. The average Bonchev–Trinajstić information content (AvgIpc) is 2.85. The maximum atomic E-state index is 12.2. The summed E-state index contributed by atoms with van der Waals surface area (Å²) in [5, 5.41) is 0. The van der Waals surface area contributed by atoms with E-state index in [1.807, 2.05) is 0 Å². The third-order valence-electron chi connectivity index (χ3n) is 6.20. The van der Waals surface area contributed by atoms with Crippen molar-refractivity contribution in [2.45, 2.75) is 96.8 Å². The van der Waals surface area contributed by atoms with Gasteiger partial charge in [0.05, 0.1) is 0 Å². The fraction of sp³-hybridized carbons (Fsp3) is 0.500. The van der Waals surface area contributed by atoms with Crippen LogP contribution in [-0.2, 0) is 4.79 Å². The molecule has 1 aliphatic carbocycles. The van der Waals surface area contributed by atoms with Crippen LogP contribution in [-0.4, -0.2) is 11.0 Å². The van der Waals surface area contributed by atoms with E-state index in [0.29, 0.717) is 34.7 Å². The van der Waals surface area contributed by atoms with Crippen LogP contribution >= 0.6 is 0 Å². The van der Waals surface area contributed by atoms with Crippen molar-refractivity contribution in [3.05, 3.63) is 58.8 Å². The van der Waals surface area contributed by atoms with E-state index in [1.165, 1.54) is 69.9 Å². The Balaban J connectivity index is 1.26. The molecule has 2 aliphatic rings. The third-order valence-corrected chi connectivity index (χ3v) is 6.20. The SMILES string of the molecule is CCCCCCCC/C=C\CCCCCCCC(=O)Oc1ccc2nc3ccc(=O)cc-3oc2c1. The molecule has 1 aromatic rings. The van der Waals surface area contributed by atoms with Gasteiger partial charge in [0, 0.05) is 18.6 Å². The molecule has 0 aromatic heterocycles. The van der Waals surface area contributed by atoms with Crippen molar-refractivity contribution >= 4 is 17.1 Å². The molecular formula is C30H39NO4. The summed E-state index contributed by atoms with van der Waals surface area (Å²) in [4.78, 5) is 28.3. The lowest BCUT2D eigenvalue weighted by Crippen LogP contribution is -2.07. The number of rotatable bonds is 16. The zero-order valence-corrected chi connectivity index (χ0v) is 21.1. The minimum Gasteiger partial charge on any atom is -0.453 e. The van der Waals surface area contributed by atoms with Gasteiger partial charge in [0.1, 0.15) is 17.0 Å². The first-order chi connectivity index (χ1) is 17.2. The summed E-state index contributed by atoms with van der Waals surface area (Å²) >= 11 is 0. The highest BCUT2D eigenvalue weighted by Gasteiger charge is 2.11. The molecule has 0 unspecified atom stereocenters. The normalized spacial score (nSPS) is 11.6. The molecule has 0 atom stereocenters. The minimum atomic E-state index is -0.238. The topological polar surface area (TPSA) is 69.4 Å². The van der Waals surface area contributed by atoms with Gasteiger partial charge in [-0.1, -0.05) is 70.4 Å². The third kappa shape index (κ3) is 9.67. The molecule has 0 saturated heterocycles. The Morgan fingerprint density at radius 3 is 2.29 bits per heavy atom. The Bertz CT molecular complexity index is 1100. The Morgan fingerprint density at radius 1 is 0.857 bits per heavy atom. The highest BCUT2D eigenvalue weighted by atomic mass is 16.5. The molecule has 0 spiro atoms. The number of carbonyl (C=O) groups is 1. The molecule has 0 amide bonds. The number of aromatic nitrogens is 1. The second-order valence-corrected chi connectivity index (χ2v) is 9.28. The molecular weight excluding hydrogens is 438 g/mol. The van der Waals surface area contributed by atoms with E-state index in [9.17, 15) is 9.59 Å². The van der Waals surface area contributed by atoms with Gasteiger partial charge >= 0.3 is 5.97 Å². The molecule has 0 radical (unpaired) electrons. The molecule has 0 bridgehead atoms. The number of hydrogen-bond donors (Lipinski definition) is 0. The number of unbranched alkanes of at least 4 members (excludes halogenated alkanes) is 11. The van der Waals surface area contributed by atoms with Crippen molar-refractivity contribution in [3.63, 3.8) is 0 Å². The summed E-state index contributed by atoms with van der Waals surface area (Å²) in [6.07, 6.45) is 21.0. The van der Waals surface area contributed by atoms with Gasteiger partial charge in [-0.2, -0.15) is 0 Å². The molecule has 1 aliphatic heterocycles. The first kappa shape index (κ1) is 26.7. The van der Waals surface area contributed by atoms with E-state index >= 15 is 0 Å². The fourth-order valence-electron chi connectivity index (χ4n) is 4.17. The summed E-state index contributed by atoms with van der Waals surface area (Å²) in [5.74, 6) is 0.609. The zero-order valence-electron chi connectivity index (χ0n) is 21.1. The number of fused-ring (bicyclic) bond motifs is 2. The van der Waals surface area contributed by atoms with Crippen LogP contribution in [0, 0.1) is 0 Å². The Kier molecular flexibility index (Phi) is 11.5. The van der Waals surface area contributed by atoms with Gasteiger partial charge in [-0.15, -0.1) is 0 Å². The molecule has 0 N–H and O–H groups in total. The van der Waals surface area contributed by atoms with Crippen molar-refractivity contribution in [1.82, 2.24) is 4.98 Å². The van der Waals surface area contributed by atoms with E-state index in [0.717, 1.165) is 25.7 Å². The van der Waals surface area contributed by atoms with Crippen molar-refractivity contribution in [2.75, 3.05) is 0 Å². The second kappa shape index (κ2) is 15.1. The van der Waals surface area contributed by atoms with Crippen molar-refractivity contribution in [1.29, 1.82) is 0 Å². The van der Waals surface area contributed by atoms with Gasteiger partial charge in [-0.05, 0) is 56.4 Å². The lowest BCUT2D eigenvalue weighted by molar-refractivity contribution is -0.134. The van der Waals surface area contributed by atoms with Crippen molar-refractivity contribution in [3.8, 4) is 17.2 Å². The second-order valence-electron chi connectivity index (χ2n) is 9.28. The van der Waals surface area contributed by atoms with E-state index in [4.69, 9.17) is 9.15 Å². The number of hydrogen-bond acceptors (Lipinski definition) is 5. The van der Waals surface area contributed by atoms with E-state index in [1.54, 1.807) is 24.3 Å². The van der Waals surface area contributed by atoms with Gasteiger partial charge in [0.2, 0.25) is 0 Å². The summed E-state index contributed by atoms with van der Waals surface area (Å²) in [5.41, 5.74) is 1.61. The molecule has 5 nitrogen and oxygen atoms in total.